The number of nitrogens with zero attached hydrogens (tertiary/aromatic N) is 1. The highest BCUT2D eigenvalue weighted by Gasteiger charge is 2.36. The number of unbranched alkanes of at least 4 members (excludes halogenated alkanes) is 1. The number of aliphatic carboxylic acids is 1. The van der Waals surface area contributed by atoms with Crippen molar-refractivity contribution in [1.82, 2.24) is 68.4 Å². The van der Waals surface area contributed by atoms with E-state index in [0.717, 1.165) is 10.9 Å². The molecule has 2 heterocycles. The number of hydrogen-bond donors (Lipinski definition) is 17. The Balaban J connectivity index is 1.53. The van der Waals surface area contributed by atoms with Gasteiger partial charge in [0.05, 0.1) is 38.8 Å². The average molecular weight is 1140 g/mol. The number of amides is 12. The van der Waals surface area contributed by atoms with Crippen molar-refractivity contribution in [3.05, 3.63) is 36.0 Å². The highest BCUT2D eigenvalue weighted by atomic mass is 32.1. The van der Waals surface area contributed by atoms with E-state index in [-0.39, 0.29) is 37.3 Å². The number of likely N-dealkylation sites (tertiary alicyclic amines) is 1. The Bertz CT molecular complexity index is 2500. The number of hydrogen-bond acceptors (Lipinski definition) is 17. The number of nitrogens with two attached hydrogens (primary N) is 1. The lowest BCUT2D eigenvalue weighted by molar-refractivity contribution is -0.140. The molecular formula is C47H70N14O15S2. The van der Waals surface area contributed by atoms with E-state index in [1.165, 1.54) is 18.7 Å². The smallest absolute Gasteiger partial charge is 0.322 e. The van der Waals surface area contributed by atoms with E-state index in [1.807, 2.05) is 6.92 Å². The number of aliphatic hydroxyl groups is 1. The van der Waals surface area contributed by atoms with Crippen molar-refractivity contribution < 1.29 is 72.5 Å². The Kier molecular flexibility index (Phi) is 27.3. The summed E-state index contributed by atoms with van der Waals surface area (Å²) < 4.78 is 0. The molecule has 2 aromatic rings. The van der Waals surface area contributed by atoms with Gasteiger partial charge in [0.25, 0.3) is 0 Å². The summed E-state index contributed by atoms with van der Waals surface area (Å²) in [6, 6.07) is -1.59. The van der Waals surface area contributed by atoms with Crippen molar-refractivity contribution in [2.75, 3.05) is 57.3 Å². The van der Waals surface area contributed by atoms with Crippen LogP contribution in [0.3, 0.4) is 0 Å². The molecule has 29 nitrogen and oxygen atoms in total. The molecule has 16 N–H and O–H groups in total. The van der Waals surface area contributed by atoms with Gasteiger partial charge in [-0.15, -0.1) is 0 Å². The number of nitrogens with one attached hydrogen (secondary N) is 12. The Labute approximate surface area is 459 Å². The molecule has 1 fully saturated rings. The van der Waals surface area contributed by atoms with Crippen LogP contribution in [0.1, 0.15) is 58.4 Å². The Hall–Kier alpha value is -7.51. The van der Waals surface area contributed by atoms with Crippen molar-refractivity contribution >= 4 is 113 Å². The first-order chi connectivity index (χ1) is 37.0. The summed E-state index contributed by atoms with van der Waals surface area (Å²) in [5.41, 5.74) is 6.62. The Morgan fingerprint density at radius 1 is 0.667 bits per heavy atom. The van der Waals surface area contributed by atoms with Crippen LogP contribution in [-0.2, 0) is 68.7 Å². The van der Waals surface area contributed by atoms with E-state index in [2.05, 4.69) is 88.7 Å². The van der Waals surface area contributed by atoms with Gasteiger partial charge in [-0.1, -0.05) is 38.0 Å². The van der Waals surface area contributed by atoms with Crippen LogP contribution >= 0.6 is 25.3 Å². The van der Waals surface area contributed by atoms with E-state index >= 15 is 0 Å². The number of aromatic nitrogens is 1. The second-order valence-corrected chi connectivity index (χ2v) is 18.7. The summed E-state index contributed by atoms with van der Waals surface area (Å²) in [4.78, 5) is 170. The second-order valence-electron chi connectivity index (χ2n) is 17.9. The molecular weight excluding hydrogens is 1060 g/mol. The number of carbonyl (C=O) groups excluding carboxylic acids is 12. The molecule has 0 spiro atoms. The van der Waals surface area contributed by atoms with Gasteiger partial charge in [0.1, 0.15) is 48.8 Å². The van der Waals surface area contributed by atoms with Gasteiger partial charge in [-0.25, -0.2) is 0 Å². The number of benzene rings is 1. The normalized spacial score (nSPS) is 15.5. The highest BCUT2D eigenvalue weighted by Crippen LogP contribution is 2.20. The minimum atomic E-state index is -1.59. The number of fused-ring (bicyclic) bond motifs is 1. The summed E-state index contributed by atoms with van der Waals surface area (Å²) in [5.74, 6) is -11.2. The maximum atomic E-state index is 13.6. The number of aromatic amines is 1. The van der Waals surface area contributed by atoms with Gasteiger partial charge in [0, 0.05) is 41.6 Å². The zero-order valence-corrected chi connectivity index (χ0v) is 45.0. The van der Waals surface area contributed by atoms with Crippen molar-refractivity contribution in [2.45, 2.75) is 108 Å². The number of carbonyl (C=O) groups is 13. The largest absolute Gasteiger partial charge is 0.480 e. The lowest BCUT2D eigenvalue weighted by Crippen LogP contribution is -2.59. The van der Waals surface area contributed by atoms with Crippen LogP contribution in [0.4, 0.5) is 0 Å². The predicted molar refractivity (Wildman–Crippen MR) is 285 cm³/mol. The second kappa shape index (κ2) is 32.9. The number of aliphatic hydroxyl groups excluding tert-OH is 1. The van der Waals surface area contributed by atoms with Gasteiger partial charge in [-0.05, 0) is 44.7 Å². The molecule has 3 rings (SSSR count). The number of H-pyrrole nitrogens is 1. The molecule has 78 heavy (non-hydrogen) atoms. The molecule has 1 aromatic carbocycles. The third-order valence-electron chi connectivity index (χ3n) is 11.9. The summed E-state index contributed by atoms with van der Waals surface area (Å²) in [6.45, 7) is 0.775. The van der Waals surface area contributed by atoms with Gasteiger partial charge in [0.15, 0.2) is 0 Å². The quantitative estimate of drug-likeness (QED) is 0.0303. The fourth-order valence-electron chi connectivity index (χ4n) is 7.71. The third kappa shape index (κ3) is 21.1. The molecule has 1 saturated heterocycles. The summed E-state index contributed by atoms with van der Waals surface area (Å²) >= 11 is 8.15. The topological polar surface area (TPSA) is 440 Å². The van der Waals surface area contributed by atoms with Gasteiger partial charge < -0.3 is 84.3 Å². The molecule has 430 valence electrons. The molecule has 1 aliphatic heterocycles. The maximum Gasteiger partial charge on any atom is 0.322 e. The predicted octanol–water partition coefficient (Wildman–Crippen LogP) is -6.32. The van der Waals surface area contributed by atoms with E-state index in [1.54, 1.807) is 30.5 Å². The SMILES string of the molecule is CCCC[C@H](NC(=O)CNC(=O)[C@H](Cc1c[nH]c2ccccc12)NC(=O)CNC(=O)[C@H](CS)NC(=O)CNC(=O)[C@@H]1CCCN1C(=O)CNC(=O)[C@@H](NC(=O)[C@H](C)NC(=O)[C@H](CS)NC(=O)CN)[C@@H](C)O)C(=O)NCC(=O)O. The van der Waals surface area contributed by atoms with E-state index in [0.29, 0.717) is 24.8 Å². The van der Waals surface area contributed by atoms with Crippen LogP contribution < -0.4 is 64.2 Å². The summed E-state index contributed by atoms with van der Waals surface area (Å²) in [6.07, 6.45) is 2.06. The van der Waals surface area contributed by atoms with Crippen molar-refractivity contribution in [1.29, 1.82) is 0 Å². The Morgan fingerprint density at radius 3 is 1.81 bits per heavy atom. The average Bonchev–Trinajstić information content (AvgIpc) is 4.09. The highest BCUT2D eigenvalue weighted by molar-refractivity contribution is 7.80. The number of para-hydroxylation sites is 1. The first-order valence-electron chi connectivity index (χ1n) is 24.9. The lowest BCUT2D eigenvalue weighted by atomic mass is 10.0. The fourth-order valence-corrected chi connectivity index (χ4v) is 8.23. The van der Waals surface area contributed by atoms with Crippen molar-refractivity contribution in [3.63, 3.8) is 0 Å². The molecule has 31 heteroatoms. The molecule has 0 unspecified atom stereocenters. The molecule has 0 bridgehead atoms. The number of carboxylic acids is 1. The molecule has 1 aromatic heterocycles. The van der Waals surface area contributed by atoms with Crippen molar-refractivity contribution in [3.8, 4) is 0 Å². The van der Waals surface area contributed by atoms with Crippen LogP contribution in [0.5, 0.6) is 0 Å². The zero-order valence-electron chi connectivity index (χ0n) is 43.2. The van der Waals surface area contributed by atoms with Crippen LogP contribution in [0.2, 0.25) is 0 Å². The van der Waals surface area contributed by atoms with Crippen LogP contribution in [0.25, 0.3) is 10.9 Å². The number of rotatable bonds is 32. The van der Waals surface area contributed by atoms with Gasteiger partial charge >= 0.3 is 5.97 Å². The van der Waals surface area contributed by atoms with E-state index < -0.39 is 165 Å². The molecule has 0 aliphatic carbocycles. The first kappa shape index (κ1) is 64.8. The molecule has 0 radical (unpaired) electrons. The molecule has 12 amide bonds. The number of thiol groups is 2. The minimum Gasteiger partial charge on any atom is -0.480 e. The molecule has 0 saturated carbocycles. The maximum absolute atomic E-state index is 13.6. The molecule has 8 atom stereocenters. The Morgan fingerprint density at radius 2 is 1.21 bits per heavy atom. The van der Waals surface area contributed by atoms with Crippen LogP contribution in [0, 0.1) is 0 Å². The van der Waals surface area contributed by atoms with Crippen LogP contribution in [-0.4, -0.2) is 203 Å². The minimum absolute atomic E-state index is 0.0756. The fraction of sp³-hybridized carbons (Fsp3) is 0.553. The van der Waals surface area contributed by atoms with Crippen molar-refractivity contribution in [2.24, 2.45) is 5.73 Å². The van der Waals surface area contributed by atoms with E-state index in [9.17, 15) is 67.4 Å². The van der Waals surface area contributed by atoms with Gasteiger partial charge in [-0.2, -0.15) is 25.3 Å². The monoisotopic (exact) mass is 1130 g/mol. The van der Waals surface area contributed by atoms with Gasteiger partial charge in [0.2, 0.25) is 70.9 Å². The van der Waals surface area contributed by atoms with E-state index in [4.69, 9.17) is 10.8 Å². The summed E-state index contributed by atoms with van der Waals surface area (Å²) in [7, 11) is 0. The third-order valence-corrected chi connectivity index (χ3v) is 12.6. The standard InChI is InChI=1S/C47H70N14O15S2/c1-4-5-10-29(42(71)54-21-39(68)69)56-35(64)17-50-43(72)30(14-26-16-49-28-11-7-6-9-27(26)28)57-36(65)18-51-44(73)31(22-77)59-37(66)19-52-46(75)33-12-8-13-61(33)38(67)20-53-47(76)40(25(3)62)60-41(70)24(2)55-45(74)32(23-78)58-34(63)15-48/h6-7,9,11,16,24-25,29-33,40,49,62,77-78H,4-5,8,10,12-15,17-23,48H2,1-3H3,(H,50,72)(H,51,73)(H,52,75)(H,53,76)(H,54,71)(H,55,74)(H,56,64)(H,57,65)(H,58,63)(H,59,66)(H,60,70)(H,68,69)/t24-,25+,29-,30-,31-,32-,33-,40-/m0/s1. The first-order valence-corrected chi connectivity index (χ1v) is 26.1. The lowest BCUT2D eigenvalue weighted by Gasteiger charge is -2.26. The van der Waals surface area contributed by atoms with Gasteiger partial charge in [-0.3, -0.25) is 62.3 Å². The zero-order chi connectivity index (χ0) is 58.1. The molecule has 1 aliphatic rings. The van der Waals surface area contributed by atoms with Crippen LogP contribution in [0.15, 0.2) is 30.5 Å². The summed E-state index contributed by atoms with van der Waals surface area (Å²) in [5, 5.41) is 46.2. The number of carboxylic acid groups (broad SMARTS) is 1.